The normalized spacial score (nSPS) is 15.5. The summed E-state index contributed by atoms with van der Waals surface area (Å²) in [6, 6.07) is 7.54. The number of aliphatic imine (C=N–C) groups is 1. The zero-order chi connectivity index (χ0) is 25.6. The summed E-state index contributed by atoms with van der Waals surface area (Å²) in [7, 11) is 0.0435. The van der Waals surface area contributed by atoms with Crippen LogP contribution >= 0.6 is 0 Å². The first-order chi connectivity index (χ1) is 16.7. The minimum atomic E-state index is -1.95. The molecule has 1 aromatic carbocycles. The number of anilines is 2. The molecular weight excluding hydrogens is 456 g/mol. The van der Waals surface area contributed by atoms with E-state index in [-0.39, 0.29) is 6.04 Å². The molecule has 35 heavy (non-hydrogen) atoms. The number of aromatic nitrogens is 2. The van der Waals surface area contributed by atoms with Crippen LogP contribution in [0.1, 0.15) is 52.7 Å². The van der Waals surface area contributed by atoms with E-state index in [1.807, 2.05) is 37.5 Å². The Bertz CT molecular complexity index is 1040. The van der Waals surface area contributed by atoms with Crippen molar-refractivity contribution in [2.75, 3.05) is 30.4 Å². The van der Waals surface area contributed by atoms with E-state index in [9.17, 15) is 0 Å². The Labute approximate surface area is 209 Å². The van der Waals surface area contributed by atoms with Crippen LogP contribution in [0.25, 0.3) is 10.4 Å². The lowest BCUT2D eigenvalue weighted by Crippen LogP contribution is -2.49. The standard InChI is InChI=1S/C25H38N8OSi/c1-17(2)35(18(3)4,19(5)6)34-15-22-12-28-24-23(13-27-22)25(30-16-29-24)33(7)14-20-8-10-21(11-9-20)31-32-26/h8-11,13,16-19,22H,12,14-15H2,1-7H3,(H,28,29,30)/t22-/m0/s1. The van der Waals surface area contributed by atoms with Crippen LogP contribution in [0.3, 0.4) is 0 Å². The maximum absolute atomic E-state index is 8.59. The molecule has 2 heterocycles. The number of fused-ring (bicyclic) bond motifs is 1. The molecule has 0 spiro atoms. The number of azide groups is 1. The van der Waals surface area contributed by atoms with Crippen molar-refractivity contribution in [3.05, 3.63) is 52.2 Å². The average Bonchev–Trinajstić information content (AvgIpc) is 3.02. The van der Waals surface area contributed by atoms with E-state index >= 15 is 0 Å². The number of nitrogens with one attached hydrogen (secondary N) is 1. The lowest BCUT2D eigenvalue weighted by molar-refractivity contribution is 0.259. The van der Waals surface area contributed by atoms with Crippen LogP contribution in [-0.4, -0.2) is 50.7 Å². The maximum atomic E-state index is 8.59. The lowest BCUT2D eigenvalue weighted by atomic mass is 10.2. The molecule has 0 saturated carbocycles. The number of hydrogen-bond donors (Lipinski definition) is 1. The van der Waals surface area contributed by atoms with Gasteiger partial charge in [0.2, 0.25) is 0 Å². The second kappa shape index (κ2) is 11.7. The molecule has 2 aromatic rings. The van der Waals surface area contributed by atoms with Gasteiger partial charge >= 0.3 is 0 Å². The van der Waals surface area contributed by atoms with E-state index < -0.39 is 8.32 Å². The maximum Gasteiger partial charge on any atom is 0.200 e. The number of hydrogen-bond acceptors (Lipinski definition) is 7. The fraction of sp³-hybridized carbons (Fsp3) is 0.560. The van der Waals surface area contributed by atoms with Gasteiger partial charge in [0.1, 0.15) is 18.0 Å². The highest BCUT2D eigenvalue weighted by atomic mass is 28.4. The quantitative estimate of drug-likeness (QED) is 0.176. The minimum absolute atomic E-state index is 0.0127. The van der Waals surface area contributed by atoms with Crippen molar-refractivity contribution in [3.8, 4) is 0 Å². The summed E-state index contributed by atoms with van der Waals surface area (Å²) in [5.41, 5.74) is 12.8. The molecule has 0 radical (unpaired) electrons. The molecule has 0 bridgehead atoms. The molecule has 0 fully saturated rings. The van der Waals surface area contributed by atoms with E-state index in [4.69, 9.17) is 14.9 Å². The molecule has 1 aromatic heterocycles. The first-order valence-electron chi connectivity index (χ1n) is 12.3. The van der Waals surface area contributed by atoms with Crippen LogP contribution in [0.2, 0.25) is 16.6 Å². The van der Waals surface area contributed by atoms with Crippen molar-refractivity contribution < 1.29 is 4.43 Å². The largest absolute Gasteiger partial charge is 0.414 e. The summed E-state index contributed by atoms with van der Waals surface area (Å²) in [4.78, 5) is 18.8. The third-order valence-electron chi connectivity index (χ3n) is 6.89. The van der Waals surface area contributed by atoms with Crippen LogP contribution in [0, 0.1) is 0 Å². The van der Waals surface area contributed by atoms with Crippen LogP contribution in [0.4, 0.5) is 17.3 Å². The van der Waals surface area contributed by atoms with Gasteiger partial charge in [-0.25, -0.2) is 9.97 Å². The molecule has 188 valence electrons. The minimum Gasteiger partial charge on any atom is -0.414 e. The summed E-state index contributed by atoms with van der Waals surface area (Å²) in [5.74, 6) is 1.59. The molecule has 10 heteroatoms. The van der Waals surface area contributed by atoms with Gasteiger partial charge in [0, 0.05) is 37.0 Å². The Morgan fingerprint density at radius 1 is 1.11 bits per heavy atom. The molecular formula is C25H38N8OSi. The molecule has 1 atom stereocenters. The molecule has 0 amide bonds. The average molecular weight is 495 g/mol. The Hall–Kier alpha value is -2.94. The van der Waals surface area contributed by atoms with Crippen molar-refractivity contribution >= 4 is 31.9 Å². The molecule has 1 aliphatic heterocycles. The third-order valence-corrected chi connectivity index (χ3v) is 13.0. The van der Waals surface area contributed by atoms with E-state index in [0.29, 0.717) is 42.0 Å². The zero-order valence-corrected chi connectivity index (χ0v) is 22.9. The fourth-order valence-electron chi connectivity index (χ4n) is 5.31. The van der Waals surface area contributed by atoms with Gasteiger partial charge in [-0.1, -0.05) is 70.9 Å². The second-order valence-corrected chi connectivity index (χ2v) is 15.6. The van der Waals surface area contributed by atoms with E-state index in [1.54, 1.807) is 6.33 Å². The summed E-state index contributed by atoms with van der Waals surface area (Å²) < 4.78 is 6.80. The fourth-order valence-corrected chi connectivity index (χ4v) is 10.8. The highest BCUT2D eigenvalue weighted by Gasteiger charge is 2.45. The van der Waals surface area contributed by atoms with Crippen molar-refractivity contribution in [2.45, 2.75) is 70.8 Å². The molecule has 0 aliphatic carbocycles. The van der Waals surface area contributed by atoms with Crippen molar-refractivity contribution in [2.24, 2.45) is 10.1 Å². The van der Waals surface area contributed by atoms with Gasteiger partial charge in [-0.2, -0.15) is 0 Å². The van der Waals surface area contributed by atoms with Gasteiger partial charge in [-0.3, -0.25) is 4.99 Å². The summed E-state index contributed by atoms with van der Waals surface area (Å²) in [6.45, 7) is 15.7. The van der Waals surface area contributed by atoms with E-state index in [1.165, 1.54) is 0 Å². The zero-order valence-electron chi connectivity index (χ0n) is 21.9. The molecule has 3 rings (SSSR count). The molecule has 9 nitrogen and oxygen atoms in total. The van der Waals surface area contributed by atoms with Gasteiger partial charge in [0.25, 0.3) is 0 Å². The highest BCUT2D eigenvalue weighted by molar-refractivity contribution is 6.77. The van der Waals surface area contributed by atoms with Crippen molar-refractivity contribution in [1.82, 2.24) is 9.97 Å². The summed E-state index contributed by atoms with van der Waals surface area (Å²) in [5, 5.41) is 7.10. The Balaban J connectivity index is 1.76. The van der Waals surface area contributed by atoms with Gasteiger partial charge < -0.3 is 14.6 Å². The van der Waals surface area contributed by atoms with Crippen molar-refractivity contribution in [3.63, 3.8) is 0 Å². The van der Waals surface area contributed by atoms with Gasteiger partial charge in [-0.05, 0) is 27.7 Å². The monoisotopic (exact) mass is 494 g/mol. The molecule has 0 unspecified atom stereocenters. The first-order valence-corrected chi connectivity index (χ1v) is 14.4. The molecule has 1 N–H and O–H groups in total. The number of rotatable bonds is 10. The number of benzene rings is 1. The van der Waals surface area contributed by atoms with E-state index in [2.05, 4.69) is 71.8 Å². The Morgan fingerprint density at radius 2 is 1.77 bits per heavy atom. The number of nitrogens with zero attached hydrogens (tertiary/aromatic N) is 7. The predicted octanol–water partition coefficient (Wildman–Crippen LogP) is 6.46. The van der Waals surface area contributed by atoms with Crippen LogP contribution in [-0.2, 0) is 11.0 Å². The Morgan fingerprint density at radius 3 is 2.37 bits per heavy atom. The second-order valence-electron chi connectivity index (χ2n) is 10.1. The third kappa shape index (κ3) is 6.01. The summed E-state index contributed by atoms with van der Waals surface area (Å²) >= 11 is 0. The highest BCUT2D eigenvalue weighted by Crippen LogP contribution is 2.42. The van der Waals surface area contributed by atoms with Gasteiger partial charge in [-0.15, -0.1) is 0 Å². The summed E-state index contributed by atoms with van der Waals surface area (Å²) in [6.07, 6.45) is 3.48. The predicted molar refractivity (Wildman–Crippen MR) is 146 cm³/mol. The Kier molecular flexibility index (Phi) is 8.88. The van der Waals surface area contributed by atoms with Crippen molar-refractivity contribution in [1.29, 1.82) is 0 Å². The smallest absolute Gasteiger partial charge is 0.200 e. The van der Waals surface area contributed by atoms with Gasteiger partial charge in [0.05, 0.1) is 18.2 Å². The van der Waals surface area contributed by atoms with Crippen LogP contribution in [0.15, 0.2) is 40.7 Å². The van der Waals surface area contributed by atoms with E-state index in [0.717, 1.165) is 22.8 Å². The van der Waals surface area contributed by atoms with Crippen LogP contribution < -0.4 is 10.2 Å². The van der Waals surface area contributed by atoms with Crippen LogP contribution in [0.5, 0.6) is 0 Å². The van der Waals surface area contributed by atoms with Gasteiger partial charge in [0.15, 0.2) is 8.32 Å². The lowest BCUT2D eigenvalue weighted by Gasteiger charge is -2.42. The topological polar surface area (TPSA) is 111 Å². The first kappa shape index (κ1) is 26.7. The molecule has 1 aliphatic rings. The molecule has 0 saturated heterocycles. The SMILES string of the molecule is CC(C)[Si](OC[C@@H]1CNc2ncnc(N(C)Cc3ccc(N=[N+]=[N-])cc3)c2C=N1)(C(C)C)C(C)C.